The van der Waals surface area contributed by atoms with Crippen LogP contribution in [-0.2, 0) is 9.47 Å². The highest BCUT2D eigenvalue weighted by Crippen LogP contribution is 2.27. The molecule has 0 heterocycles. The highest BCUT2D eigenvalue weighted by atomic mass is 16.7. The molecule has 1 aromatic carbocycles. The third-order valence-electron chi connectivity index (χ3n) is 2.40. The minimum Gasteiger partial charge on any atom is -0.493 e. The molecule has 0 amide bonds. The molecule has 0 aliphatic carbocycles. The summed E-state index contributed by atoms with van der Waals surface area (Å²) in [6.45, 7) is 5.10. The van der Waals surface area contributed by atoms with Crippen molar-refractivity contribution in [1.29, 1.82) is 0 Å². The van der Waals surface area contributed by atoms with E-state index >= 15 is 0 Å². The van der Waals surface area contributed by atoms with E-state index in [0.29, 0.717) is 30.3 Å². The second-order valence-electron chi connectivity index (χ2n) is 3.68. The molecule has 1 aromatic rings. The average molecular weight is 268 g/mol. The second kappa shape index (κ2) is 8.50. The van der Waals surface area contributed by atoms with Crippen LogP contribution in [0.5, 0.6) is 11.5 Å². The summed E-state index contributed by atoms with van der Waals surface area (Å²) >= 11 is 0. The van der Waals surface area contributed by atoms with E-state index in [4.69, 9.17) is 18.9 Å². The number of hydrogen-bond donors (Lipinski definition) is 0. The van der Waals surface area contributed by atoms with Crippen LogP contribution in [0.15, 0.2) is 18.2 Å². The van der Waals surface area contributed by atoms with Crippen LogP contribution in [0.25, 0.3) is 0 Å². The van der Waals surface area contributed by atoms with Gasteiger partial charge in [-0.05, 0) is 32.0 Å². The van der Waals surface area contributed by atoms with Crippen molar-refractivity contribution >= 4 is 6.29 Å². The van der Waals surface area contributed by atoms with Gasteiger partial charge in [0, 0.05) is 18.8 Å². The van der Waals surface area contributed by atoms with E-state index in [1.165, 1.54) is 0 Å². The molecule has 0 spiro atoms. The smallest absolute Gasteiger partial charge is 0.191 e. The Morgan fingerprint density at radius 1 is 1.16 bits per heavy atom. The molecule has 106 valence electrons. The lowest BCUT2D eigenvalue weighted by molar-refractivity contribution is -0.152. The van der Waals surface area contributed by atoms with E-state index in [1.807, 2.05) is 13.8 Å². The number of ether oxygens (including phenoxy) is 4. The van der Waals surface area contributed by atoms with Crippen LogP contribution in [-0.4, -0.2) is 39.5 Å². The lowest BCUT2D eigenvalue weighted by Crippen LogP contribution is -2.25. The van der Waals surface area contributed by atoms with Gasteiger partial charge in [0.15, 0.2) is 17.8 Å². The molecule has 0 unspecified atom stereocenters. The summed E-state index contributed by atoms with van der Waals surface area (Å²) < 4.78 is 21.5. The maximum atomic E-state index is 10.8. The third-order valence-corrected chi connectivity index (χ3v) is 2.40. The van der Waals surface area contributed by atoms with E-state index < -0.39 is 6.29 Å². The molecule has 0 aliphatic heterocycles. The number of rotatable bonds is 9. The van der Waals surface area contributed by atoms with Gasteiger partial charge in [0.05, 0.1) is 7.11 Å². The molecule has 19 heavy (non-hydrogen) atoms. The van der Waals surface area contributed by atoms with Gasteiger partial charge in [0.1, 0.15) is 12.9 Å². The first-order valence-electron chi connectivity index (χ1n) is 6.24. The zero-order chi connectivity index (χ0) is 14.1. The summed E-state index contributed by atoms with van der Waals surface area (Å²) in [6.07, 6.45) is 0.328. The van der Waals surface area contributed by atoms with Crippen LogP contribution in [0.2, 0.25) is 0 Å². The lowest BCUT2D eigenvalue weighted by Gasteiger charge is -2.18. The minimum atomic E-state index is -0.431. The SMILES string of the molecule is CCOC(COc1cc(C=O)ccc1OC)OCC. The predicted molar refractivity (Wildman–Crippen MR) is 70.9 cm³/mol. The van der Waals surface area contributed by atoms with Gasteiger partial charge >= 0.3 is 0 Å². The Bertz CT molecular complexity index is 385. The van der Waals surface area contributed by atoms with Gasteiger partial charge in [0.25, 0.3) is 0 Å². The van der Waals surface area contributed by atoms with Crippen molar-refractivity contribution in [2.24, 2.45) is 0 Å². The van der Waals surface area contributed by atoms with E-state index in [9.17, 15) is 4.79 Å². The predicted octanol–water partition coefficient (Wildman–Crippen LogP) is 2.29. The first-order valence-corrected chi connectivity index (χ1v) is 6.24. The summed E-state index contributed by atoms with van der Waals surface area (Å²) in [5.41, 5.74) is 0.528. The standard InChI is InChI=1S/C14H20O5/c1-4-17-14(18-5-2)10-19-13-8-11(9-15)6-7-12(13)16-3/h6-9,14H,4-5,10H2,1-3H3. The molecule has 0 bridgehead atoms. The first kappa shape index (κ1) is 15.5. The molecular weight excluding hydrogens is 248 g/mol. The van der Waals surface area contributed by atoms with Crippen LogP contribution in [0.4, 0.5) is 0 Å². The molecular formula is C14H20O5. The van der Waals surface area contributed by atoms with Crippen LogP contribution in [0.3, 0.4) is 0 Å². The molecule has 0 atom stereocenters. The Hall–Kier alpha value is -1.59. The Balaban J connectivity index is 2.70. The van der Waals surface area contributed by atoms with Crippen molar-refractivity contribution in [3.63, 3.8) is 0 Å². The van der Waals surface area contributed by atoms with Gasteiger partial charge < -0.3 is 18.9 Å². The van der Waals surface area contributed by atoms with Crippen molar-refractivity contribution in [1.82, 2.24) is 0 Å². The second-order valence-corrected chi connectivity index (χ2v) is 3.68. The van der Waals surface area contributed by atoms with Crippen LogP contribution >= 0.6 is 0 Å². The molecule has 0 N–H and O–H groups in total. The Labute approximate surface area is 113 Å². The Kier molecular flexibility index (Phi) is 6.92. The largest absolute Gasteiger partial charge is 0.493 e. The highest BCUT2D eigenvalue weighted by molar-refractivity contribution is 5.76. The maximum absolute atomic E-state index is 10.8. The highest BCUT2D eigenvalue weighted by Gasteiger charge is 2.12. The van der Waals surface area contributed by atoms with Crippen molar-refractivity contribution in [2.75, 3.05) is 26.9 Å². The first-order chi connectivity index (χ1) is 9.24. The van der Waals surface area contributed by atoms with Gasteiger partial charge in [-0.15, -0.1) is 0 Å². The molecule has 0 saturated heterocycles. The maximum Gasteiger partial charge on any atom is 0.191 e. The molecule has 0 aliphatic rings. The summed E-state index contributed by atoms with van der Waals surface area (Å²) in [5, 5.41) is 0. The normalized spacial score (nSPS) is 10.5. The average Bonchev–Trinajstić information content (AvgIpc) is 2.44. The quantitative estimate of drug-likeness (QED) is 0.508. The monoisotopic (exact) mass is 268 g/mol. The van der Waals surface area contributed by atoms with Crippen molar-refractivity contribution < 1.29 is 23.7 Å². The minimum absolute atomic E-state index is 0.236. The fourth-order valence-corrected chi connectivity index (χ4v) is 1.55. The number of carbonyl (C=O) groups is 1. The van der Waals surface area contributed by atoms with Crippen LogP contribution in [0, 0.1) is 0 Å². The molecule has 0 radical (unpaired) electrons. The summed E-state index contributed by atoms with van der Waals surface area (Å²) in [7, 11) is 1.55. The number of carbonyl (C=O) groups excluding carboxylic acids is 1. The molecule has 0 fully saturated rings. The number of hydrogen-bond acceptors (Lipinski definition) is 5. The van der Waals surface area contributed by atoms with E-state index in [-0.39, 0.29) is 6.61 Å². The third kappa shape index (κ3) is 4.89. The zero-order valence-electron chi connectivity index (χ0n) is 11.5. The summed E-state index contributed by atoms with van der Waals surface area (Å²) in [5.74, 6) is 1.06. The fraction of sp³-hybridized carbons (Fsp3) is 0.500. The summed E-state index contributed by atoms with van der Waals surface area (Å²) in [4.78, 5) is 10.8. The van der Waals surface area contributed by atoms with Gasteiger partial charge in [0.2, 0.25) is 0 Å². The number of methoxy groups -OCH3 is 1. The number of aldehydes is 1. The Morgan fingerprint density at radius 2 is 1.84 bits per heavy atom. The fourth-order valence-electron chi connectivity index (χ4n) is 1.55. The number of benzene rings is 1. The lowest BCUT2D eigenvalue weighted by atomic mass is 10.2. The van der Waals surface area contributed by atoms with Gasteiger partial charge in [-0.25, -0.2) is 0 Å². The van der Waals surface area contributed by atoms with Gasteiger partial charge in [-0.2, -0.15) is 0 Å². The molecule has 0 saturated carbocycles. The summed E-state index contributed by atoms with van der Waals surface area (Å²) in [6, 6.07) is 4.98. The van der Waals surface area contributed by atoms with Crippen molar-refractivity contribution in [3.8, 4) is 11.5 Å². The van der Waals surface area contributed by atoms with Crippen LogP contribution in [0.1, 0.15) is 24.2 Å². The van der Waals surface area contributed by atoms with Crippen LogP contribution < -0.4 is 9.47 Å². The van der Waals surface area contributed by atoms with Gasteiger partial charge in [-0.1, -0.05) is 0 Å². The van der Waals surface area contributed by atoms with Crippen molar-refractivity contribution in [2.45, 2.75) is 20.1 Å². The zero-order valence-corrected chi connectivity index (χ0v) is 11.5. The van der Waals surface area contributed by atoms with E-state index in [2.05, 4.69) is 0 Å². The molecule has 5 nitrogen and oxygen atoms in total. The molecule has 5 heteroatoms. The topological polar surface area (TPSA) is 54.0 Å². The van der Waals surface area contributed by atoms with E-state index in [0.717, 1.165) is 6.29 Å². The Morgan fingerprint density at radius 3 is 2.37 bits per heavy atom. The van der Waals surface area contributed by atoms with Crippen molar-refractivity contribution in [3.05, 3.63) is 23.8 Å². The molecule has 0 aromatic heterocycles. The van der Waals surface area contributed by atoms with Gasteiger partial charge in [-0.3, -0.25) is 4.79 Å². The van der Waals surface area contributed by atoms with E-state index in [1.54, 1.807) is 25.3 Å². The molecule has 1 rings (SSSR count).